The van der Waals surface area contributed by atoms with Gasteiger partial charge in [-0.05, 0) is 12.7 Å². The van der Waals surface area contributed by atoms with E-state index in [0.717, 1.165) is 17.3 Å². The zero-order valence-electron chi connectivity index (χ0n) is 6.87. The third kappa shape index (κ3) is 2.15. The molecule has 0 aliphatic carbocycles. The zero-order chi connectivity index (χ0) is 8.27. The molecular formula is C7H13N3S. The number of hydrogen-bond donors (Lipinski definition) is 1. The first-order valence-corrected chi connectivity index (χ1v) is 4.77. The second-order valence-electron chi connectivity index (χ2n) is 2.33. The second-order valence-corrected chi connectivity index (χ2v) is 3.58. The normalized spacial score (nSPS) is 10.4. The smallest absolute Gasteiger partial charge is 0.145 e. The van der Waals surface area contributed by atoms with Gasteiger partial charge in [0.25, 0.3) is 0 Å². The summed E-state index contributed by atoms with van der Waals surface area (Å²) in [5.41, 5.74) is 6.64. The molecule has 0 radical (unpaired) electrons. The maximum Gasteiger partial charge on any atom is 0.145 e. The molecule has 0 saturated heterocycles. The summed E-state index contributed by atoms with van der Waals surface area (Å²) in [6.45, 7) is 4.15. The third-order valence-corrected chi connectivity index (χ3v) is 2.25. The Morgan fingerprint density at radius 3 is 2.91 bits per heavy atom. The highest BCUT2D eigenvalue weighted by Crippen LogP contribution is 2.09. The largest absolute Gasteiger partial charge is 0.382 e. The van der Waals surface area contributed by atoms with E-state index in [4.69, 9.17) is 5.73 Å². The van der Waals surface area contributed by atoms with E-state index in [0.29, 0.717) is 5.82 Å². The number of aromatic nitrogens is 2. The molecule has 0 spiro atoms. The molecule has 0 fully saturated rings. The maximum atomic E-state index is 5.51. The molecule has 0 aliphatic rings. The van der Waals surface area contributed by atoms with Crippen molar-refractivity contribution in [3.05, 3.63) is 11.8 Å². The van der Waals surface area contributed by atoms with Crippen molar-refractivity contribution in [2.45, 2.75) is 19.7 Å². The predicted octanol–water partition coefficient (Wildman–Crippen LogP) is 1.48. The van der Waals surface area contributed by atoms with Crippen LogP contribution in [0.25, 0.3) is 0 Å². The van der Waals surface area contributed by atoms with Crippen LogP contribution in [-0.2, 0) is 5.88 Å². The molecule has 0 unspecified atom stereocenters. The molecule has 1 aromatic rings. The molecule has 1 aromatic heterocycles. The van der Waals surface area contributed by atoms with Gasteiger partial charge in [-0.3, -0.25) is 4.68 Å². The highest BCUT2D eigenvalue weighted by molar-refractivity contribution is 7.98. The van der Waals surface area contributed by atoms with Crippen LogP contribution in [-0.4, -0.2) is 15.5 Å². The fourth-order valence-corrected chi connectivity index (χ4v) is 1.46. The van der Waals surface area contributed by atoms with Crippen LogP contribution in [0.2, 0.25) is 0 Å². The van der Waals surface area contributed by atoms with Crippen LogP contribution in [0.3, 0.4) is 0 Å². The number of rotatable bonds is 3. The lowest BCUT2D eigenvalue weighted by Gasteiger charge is -2.00. The molecule has 0 aliphatic heterocycles. The highest BCUT2D eigenvalue weighted by atomic mass is 32.2. The van der Waals surface area contributed by atoms with Crippen LogP contribution >= 0.6 is 11.8 Å². The van der Waals surface area contributed by atoms with Crippen molar-refractivity contribution < 1.29 is 0 Å². The number of nitrogens with two attached hydrogens (primary N) is 1. The van der Waals surface area contributed by atoms with Gasteiger partial charge in [-0.25, -0.2) is 0 Å². The SMILES string of the molecule is CCSCn1nc(N)cc1C. The van der Waals surface area contributed by atoms with Crippen LogP contribution in [0.1, 0.15) is 12.6 Å². The fourth-order valence-electron chi connectivity index (χ4n) is 0.844. The first-order chi connectivity index (χ1) is 5.24. The van der Waals surface area contributed by atoms with E-state index in [1.54, 1.807) is 0 Å². The van der Waals surface area contributed by atoms with Crippen molar-refractivity contribution in [2.75, 3.05) is 11.5 Å². The maximum absolute atomic E-state index is 5.51. The number of anilines is 1. The second kappa shape index (κ2) is 3.67. The summed E-state index contributed by atoms with van der Waals surface area (Å²) in [4.78, 5) is 0. The molecule has 0 bridgehead atoms. The molecular weight excluding hydrogens is 158 g/mol. The van der Waals surface area contributed by atoms with Crippen molar-refractivity contribution in [3.63, 3.8) is 0 Å². The van der Waals surface area contributed by atoms with Gasteiger partial charge in [0, 0.05) is 11.8 Å². The molecule has 0 saturated carbocycles. The Bertz CT molecular complexity index is 232. The Morgan fingerprint density at radius 1 is 1.73 bits per heavy atom. The first-order valence-electron chi connectivity index (χ1n) is 3.61. The number of nitrogen functional groups attached to an aromatic ring is 1. The van der Waals surface area contributed by atoms with Crippen LogP contribution in [0.4, 0.5) is 5.82 Å². The molecule has 0 aromatic carbocycles. The first kappa shape index (κ1) is 8.46. The molecule has 2 N–H and O–H groups in total. The van der Waals surface area contributed by atoms with Gasteiger partial charge < -0.3 is 5.73 Å². The summed E-state index contributed by atoms with van der Waals surface area (Å²) < 4.78 is 1.92. The molecule has 11 heavy (non-hydrogen) atoms. The summed E-state index contributed by atoms with van der Waals surface area (Å²) >= 11 is 1.83. The summed E-state index contributed by atoms with van der Waals surface area (Å²) in [5, 5.41) is 4.12. The van der Waals surface area contributed by atoms with Crippen molar-refractivity contribution >= 4 is 17.6 Å². The van der Waals surface area contributed by atoms with Gasteiger partial charge in [-0.2, -0.15) is 5.10 Å². The van der Waals surface area contributed by atoms with Crippen molar-refractivity contribution in [1.82, 2.24) is 9.78 Å². The van der Waals surface area contributed by atoms with E-state index in [1.165, 1.54) is 0 Å². The molecule has 1 rings (SSSR count). The minimum absolute atomic E-state index is 0.610. The fraction of sp³-hybridized carbons (Fsp3) is 0.571. The van der Waals surface area contributed by atoms with E-state index < -0.39 is 0 Å². The molecule has 4 heteroatoms. The van der Waals surface area contributed by atoms with Gasteiger partial charge in [0.05, 0.1) is 5.88 Å². The number of aryl methyl sites for hydroxylation is 1. The van der Waals surface area contributed by atoms with Crippen molar-refractivity contribution in [2.24, 2.45) is 0 Å². The van der Waals surface area contributed by atoms with Gasteiger partial charge in [0.1, 0.15) is 5.82 Å². The lowest BCUT2D eigenvalue weighted by molar-refractivity contribution is 0.728. The van der Waals surface area contributed by atoms with E-state index in [2.05, 4.69) is 12.0 Å². The summed E-state index contributed by atoms with van der Waals surface area (Å²) in [6, 6.07) is 1.89. The Balaban J connectivity index is 2.62. The molecule has 0 amide bonds. The molecule has 62 valence electrons. The van der Waals surface area contributed by atoms with Crippen LogP contribution in [0.5, 0.6) is 0 Å². The number of hydrogen-bond acceptors (Lipinski definition) is 3. The van der Waals surface area contributed by atoms with Crippen molar-refractivity contribution in [1.29, 1.82) is 0 Å². The Morgan fingerprint density at radius 2 is 2.45 bits per heavy atom. The van der Waals surface area contributed by atoms with E-state index >= 15 is 0 Å². The Hall–Kier alpha value is -0.640. The Kier molecular flexibility index (Phi) is 2.82. The van der Waals surface area contributed by atoms with Crippen LogP contribution in [0.15, 0.2) is 6.07 Å². The lowest BCUT2D eigenvalue weighted by atomic mass is 10.5. The lowest BCUT2D eigenvalue weighted by Crippen LogP contribution is -1.99. The minimum Gasteiger partial charge on any atom is -0.382 e. The van der Waals surface area contributed by atoms with Crippen LogP contribution < -0.4 is 5.73 Å². The summed E-state index contributed by atoms with van der Waals surface area (Å²) in [6.07, 6.45) is 0. The van der Waals surface area contributed by atoms with Gasteiger partial charge >= 0.3 is 0 Å². The standard InChI is InChI=1S/C7H13N3S/c1-3-11-5-10-6(2)4-7(8)9-10/h4H,3,5H2,1-2H3,(H2,8,9). The average molecular weight is 171 g/mol. The minimum atomic E-state index is 0.610. The van der Waals surface area contributed by atoms with Gasteiger partial charge in [-0.15, -0.1) is 11.8 Å². The number of thioether (sulfide) groups is 1. The van der Waals surface area contributed by atoms with E-state index in [-0.39, 0.29) is 0 Å². The number of nitrogens with zero attached hydrogens (tertiary/aromatic N) is 2. The zero-order valence-corrected chi connectivity index (χ0v) is 7.69. The highest BCUT2D eigenvalue weighted by Gasteiger charge is 1.98. The van der Waals surface area contributed by atoms with Gasteiger partial charge in [0.2, 0.25) is 0 Å². The topological polar surface area (TPSA) is 43.8 Å². The monoisotopic (exact) mass is 171 g/mol. The van der Waals surface area contributed by atoms with Crippen LogP contribution in [0, 0.1) is 6.92 Å². The molecule has 3 nitrogen and oxygen atoms in total. The van der Waals surface area contributed by atoms with Crippen molar-refractivity contribution in [3.8, 4) is 0 Å². The van der Waals surface area contributed by atoms with E-state index in [1.807, 2.05) is 29.4 Å². The summed E-state index contributed by atoms with van der Waals surface area (Å²) in [7, 11) is 0. The third-order valence-electron chi connectivity index (χ3n) is 1.42. The van der Waals surface area contributed by atoms with E-state index in [9.17, 15) is 0 Å². The molecule has 0 atom stereocenters. The predicted molar refractivity (Wildman–Crippen MR) is 49.5 cm³/mol. The summed E-state index contributed by atoms with van der Waals surface area (Å²) in [5.74, 6) is 2.62. The average Bonchev–Trinajstić information content (AvgIpc) is 2.26. The van der Waals surface area contributed by atoms with Gasteiger partial charge in [0.15, 0.2) is 0 Å². The van der Waals surface area contributed by atoms with Gasteiger partial charge in [-0.1, -0.05) is 6.92 Å². The Labute approximate surface area is 71.0 Å². The quantitative estimate of drug-likeness (QED) is 0.749. The molecule has 1 heterocycles.